The van der Waals surface area contributed by atoms with Gasteiger partial charge in [-0.1, -0.05) is 11.6 Å². The van der Waals surface area contributed by atoms with Gasteiger partial charge in [-0.05, 0) is 44.2 Å². The summed E-state index contributed by atoms with van der Waals surface area (Å²) in [5, 5.41) is 24.9. The van der Waals surface area contributed by atoms with Crippen LogP contribution in [-0.4, -0.2) is 20.6 Å². The fourth-order valence-corrected chi connectivity index (χ4v) is 2.84. The molecule has 8 nitrogen and oxygen atoms in total. The zero-order valence-corrected chi connectivity index (χ0v) is 15.6. The second-order valence-electron chi connectivity index (χ2n) is 5.93. The summed E-state index contributed by atoms with van der Waals surface area (Å²) in [6.07, 6.45) is 1.27. The first-order valence-electron chi connectivity index (χ1n) is 8.04. The predicted molar refractivity (Wildman–Crippen MR) is 102 cm³/mol. The predicted octanol–water partition coefficient (Wildman–Crippen LogP) is 4.57. The number of hydrogen-bond donors (Lipinski definition) is 0. The van der Waals surface area contributed by atoms with Gasteiger partial charge < -0.3 is 4.42 Å². The first kappa shape index (κ1) is 19.1. The largest absolute Gasteiger partial charge is 0.456 e. The molecule has 0 unspecified atom stereocenters. The van der Waals surface area contributed by atoms with Crippen molar-refractivity contribution in [1.82, 2.24) is 9.78 Å². The van der Waals surface area contributed by atoms with Gasteiger partial charge in [0.25, 0.3) is 11.6 Å². The molecular weight excluding hydrogens is 384 g/mol. The zero-order chi connectivity index (χ0) is 20.4. The van der Waals surface area contributed by atoms with Crippen LogP contribution in [-0.2, 0) is 0 Å². The second-order valence-corrected chi connectivity index (χ2v) is 6.37. The topological polar surface area (TPSA) is 115 Å². The summed E-state index contributed by atoms with van der Waals surface area (Å²) in [6, 6.07) is 10.8. The molecule has 0 amide bonds. The van der Waals surface area contributed by atoms with Crippen LogP contribution in [0.25, 0.3) is 17.4 Å². The van der Waals surface area contributed by atoms with Crippen LogP contribution < -0.4 is 0 Å². The summed E-state index contributed by atoms with van der Waals surface area (Å²) in [5.41, 5.74) is 1.09. The van der Waals surface area contributed by atoms with E-state index in [2.05, 4.69) is 5.10 Å². The highest BCUT2D eigenvalue weighted by Crippen LogP contribution is 2.33. The van der Waals surface area contributed by atoms with E-state index >= 15 is 0 Å². The molecule has 0 saturated heterocycles. The minimum Gasteiger partial charge on any atom is -0.456 e. The van der Waals surface area contributed by atoms with Crippen LogP contribution in [0.3, 0.4) is 0 Å². The average molecular weight is 397 g/mol. The van der Waals surface area contributed by atoms with Crippen LogP contribution in [0.4, 0.5) is 5.69 Å². The molecule has 0 atom stereocenters. The molecule has 0 aliphatic carbocycles. The number of nitriles is 1. The molecule has 0 aliphatic heterocycles. The molecule has 0 bridgehead atoms. The van der Waals surface area contributed by atoms with E-state index in [4.69, 9.17) is 16.0 Å². The van der Waals surface area contributed by atoms with Crippen molar-refractivity contribution in [3.05, 3.63) is 74.3 Å². The number of rotatable bonds is 4. The SMILES string of the molecule is Cc1cc(C)n(C(=O)/C(C#N)=C/c2ccc(-c3ccc(Cl)cc3[N+](=O)[O-])o2)n1. The van der Waals surface area contributed by atoms with Crippen LogP contribution in [0.5, 0.6) is 0 Å². The summed E-state index contributed by atoms with van der Waals surface area (Å²) in [6.45, 7) is 3.45. The molecule has 0 radical (unpaired) electrons. The summed E-state index contributed by atoms with van der Waals surface area (Å²) in [7, 11) is 0. The highest BCUT2D eigenvalue weighted by Gasteiger charge is 2.20. The first-order valence-corrected chi connectivity index (χ1v) is 8.42. The highest BCUT2D eigenvalue weighted by atomic mass is 35.5. The maximum atomic E-state index is 12.5. The molecule has 0 N–H and O–H groups in total. The molecule has 3 rings (SSSR count). The molecular formula is C19H13ClN4O4. The summed E-state index contributed by atoms with van der Waals surface area (Å²) in [4.78, 5) is 23.2. The second kappa shape index (κ2) is 7.50. The number of aromatic nitrogens is 2. The molecule has 0 spiro atoms. The van der Waals surface area contributed by atoms with Crippen molar-refractivity contribution in [2.75, 3.05) is 0 Å². The Bertz CT molecular complexity index is 1170. The van der Waals surface area contributed by atoms with Crippen molar-refractivity contribution in [2.45, 2.75) is 13.8 Å². The molecule has 9 heteroatoms. The number of carbonyl (C=O) groups excluding carboxylic acids is 1. The number of hydrogen-bond acceptors (Lipinski definition) is 6. The van der Waals surface area contributed by atoms with Crippen molar-refractivity contribution >= 4 is 29.3 Å². The van der Waals surface area contributed by atoms with E-state index in [-0.39, 0.29) is 33.4 Å². The number of nitro benzene ring substituents is 1. The maximum Gasteiger partial charge on any atom is 0.289 e. The summed E-state index contributed by atoms with van der Waals surface area (Å²) >= 11 is 5.82. The number of furan rings is 1. The van der Waals surface area contributed by atoms with Crippen LogP contribution in [0.15, 0.2) is 46.4 Å². The van der Waals surface area contributed by atoms with Gasteiger partial charge >= 0.3 is 0 Å². The van der Waals surface area contributed by atoms with E-state index in [1.807, 2.05) is 6.07 Å². The molecule has 0 aliphatic rings. The molecule has 0 fully saturated rings. The lowest BCUT2D eigenvalue weighted by Gasteiger charge is -2.01. The van der Waals surface area contributed by atoms with Crippen LogP contribution in [0.1, 0.15) is 21.9 Å². The van der Waals surface area contributed by atoms with Crippen molar-refractivity contribution in [1.29, 1.82) is 5.26 Å². The molecule has 28 heavy (non-hydrogen) atoms. The molecule has 3 aromatic rings. The summed E-state index contributed by atoms with van der Waals surface area (Å²) in [5.74, 6) is -0.181. The minimum absolute atomic E-state index is 0.183. The zero-order valence-electron chi connectivity index (χ0n) is 14.8. The Morgan fingerprint density at radius 3 is 2.68 bits per heavy atom. The number of nitrogens with zero attached hydrogens (tertiary/aromatic N) is 4. The Balaban J connectivity index is 1.98. The number of halogens is 1. The third-order valence-corrected chi connectivity index (χ3v) is 4.12. The lowest BCUT2D eigenvalue weighted by molar-refractivity contribution is -0.384. The maximum absolute atomic E-state index is 12.5. The van der Waals surface area contributed by atoms with E-state index in [9.17, 15) is 20.2 Å². The van der Waals surface area contributed by atoms with Crippen molar-refractivity contribution < 1.29 is 14.1 Å². The van der Waals surface area contributed by atoms with Gasteiger partial charge in [0.15, 0.2) is 0 Å². The van der Waals surface area contributed by atoms with Crippen molar-refractivity contribution in [3.8, 4) is 17.4 Å². The number of allylic oxidation sites excluding steroid dienone is 1. The number of nitro groups is 1. The standard InChI is InChI=1S/C19H13ClN4O4/c1-11-7-12(2)23(22-11)19(25)13(10-21)8-15-4-6-18(28-15)16-5-3-14(20)9-17(16)24(26)27/h3-9H,1-2H3/b13-8+. The molecule has 140 valence electrons. The Kier molecular flexibility index (Phi) is 5.11. The van der Waals surface area contributed by atoms with Crippen LogP contribution >= 0.6 is 11.6 Å². The fraction of sp³-hybridized carbons (Fsp3) is 0.105. The first-order chi connectivity index (χ1) is 13.3. The van der Waals surface area contributed by atoms with Crippen LogP contribution in [0, 0.1) is 35.3 Å². The van der Waals surface area contributed by atoms with E-state index in [1.54, 1.807) is 19.9 Å². The Labute approximate surface area is 164 Å². The fourth-order valence-electron chi connectivity index (χ4n) is 2.67. The van der Waals surface area contributed by atoms with Gasteiger partial charge in [-0.25, -0.2) is 4.68 Å². The van der Waals surface area contributed by atoms with Gasteiger partial charge in [-0.2, -0.15) is 10.4 Å². The minimum atomic E-state index is -0.594. The van der Waals surface area contributed by atoms with Gasteiger partial charge in [-0.15, -0.1) is 0 Å². The number of carbonyl (C=O) groups is 1. The monoisotopic (exact) mass is 396 g/mol. The van der Waals surface area contributed by atoms with E-state index in [1.165, 1.54) is 36.4 Å². The molecule has 0 saturated carbocycles. The molecule has 2 heterocycles. The van der Waals surface area contributed by atoms with Gasteiger partial charge in [0.2, 0.25) is 0 Å². The Morgan fingerprint density at radius 2 is 2.07 bits per heavy atom. The average Bonchev–Trinajstić information content (AvgIpc) is 3.24. The lowest BCUT2D eigenvalue weighted by Crippen LogP contribution is -2.15. The van der Waals surface area contributed by atoms with Gasteiger partial charge in [0, 0.05) is 22.9 Å². The van der Waals surface area contributed by atoms with E-state index < -0.39 is 10.8 Å². The molecule has 2 aromatic heterocycles. The van der Waals surface area contributed by atoms with Gasteiger partial charge in [-0.3, -0.25) is 14.9 Å². The highest BCUT2D eigenvalue weighted by molar-refractivity contribution is 6.30. The van der Waals surface area contributed by atoms with Gasteiger partial charge in [0.05, 0.1) is 16.2 Å². The van der Waals surface area contributed by atoms with Gasteiger partial charge in [0.1, 0.15) is 23.2 Å². The number of aryl methyl sites for hydroxylation is 2. The lowest BCUT2D eigenvalue weighted by atomic mass is 10.1. The smallest absolute Gasteiger partial charge is 0.289 e. The Morgan fingerprint density at radius 1 is 1.32 bits per heavy atom. The summed E-state index contributed by atoms with van der Waals surface area (Å²) < 4.78 is 6.73. The van der Waals surface area contributed by atoms with E-state index in [0.29, 0.717) is 11.4 Å². The molecule has 1 aromatic carbocycles. The Hall–Kier alpha value is -3.70. The third kappa shape index (κ3) is 3.70. The number of benzene rings is 1. The van der Waals surface area contributed by atoms with E-state index in [0.717, 1.165) is 4.68 Å². The van der Waals surface area contributed by atoms with Crippen molar-refractivity contribution in [3.63, 3.8) is 0 Å². The normalized spacial score (nSPS) is 11.3. The quantitative estimate of drug-likeness (QED) is 0.276. The van der Waals surface area contributed by atoms with Crippen LogP contribution in [0.2, 0.25) is 5.02 Å². The van der Waals surface area contributed by atoms with Crippen molar-refractivity contribution in [2.24, 2.45) is 0 Å². The third-order valence-electron chi connectivity index (χ3n) is 3.89.